The van der Waals surface area contributed by atoms with Crippen molar-refractivity contribution in [2.24, 2.45) is 0 Å². The number of para-hydroxylation sites is 2. The van der Waals surface area contributed by atoms with Crippen LogP contribution >= 0.6 is 11.3 Å². The Balaban J connectivity index is 1.83. The summed E-state index contributed by atoms with van der Waals surface area (Å²) >= 11 is 0.669. The largest absolute Gasteiger partial charge is 0.341 e. The third kappa shape index (κ3) is 2.75. The number of aromatic amines is 2. The van der Waals surface area contributed by atoms with Gasteiger partial charge in [-0.3, -0.25) is 4.79 Å². The highest BCUT2D eigenvalue weighted by Crippen LogP contribution is 2.16. The van der Waals surface area contributed by atoms with E-state index in [0.29, 0.717) is 22.9 Å². The maximum Gasteiger partial charge on any atom is 0.305 e. The van der Waals surface area contributed by atoms with Gasteiger partial charge >= 0.3 is 4.87 Å². The first-order chi connectivity index (χ1) is 9.95. The predicted octanol–water partition coefficient (Wildman–Crippen LogP) is 1.10. The second-order valence-corrected chi connectivity index (χ2v) is 7.40. The number of benzene rings is 1. The first kappa shape index (κ1) is 14.0. The van der Waals surface area contributed by atoms with E-state index in [1.54, 1.807) is 6.92 Å². The molecule has 9 heteroatoms. The molecule has 21 heavy (non-hydrogen) atoms. The van der Waals surface area contributed by atoms with Gasteiger partial charge in [-0.2, -0.15) is 0 Å². The van der Waals surface area contributed by atoms with Crippen molar-refractivity contribution in [3.05, 3.63) is 45.5 Å². The standard InChI is InChI=1S/C12H12N4O3S2/c1-7-11(20-12(17)14-7)21(18,19)13-6-10-15-8-4-2-3-5-9(8)16-10/h2-5,13H,6H2,1H3,(H,14,17)(H,15,16). The number of rotatable bonds is 4. The molecule has 3 aromatic rings. The zero-order chi connectivity index (χ0) is 15.0. The molecule has 3 N–H and O–H groups in total. The summed E-state index contributed by atoms with van der Waals surface area (Å²) in [5, 5.41) is 0. The smallest absolute Gasteiger partial charge is 0.305 e. The van der Waals surface area contributed by atoms with Crippen LogP contribution in [0, 0.1) is 6.92 Å². The van der Waals surface area contributed by atoms with Crippen LogP contribution in [0.3, 0.4) is 0 Å². The van der Waals surface area contributed by atoms with E-state index in [-0.39, 0.29) is 10.8 Å². The lowest BCUT2D eigenvalue weighted by molar-refractivity contribution is 0.581. The van der Waals surface area contributed by atoms with Gasteiger partial charge in [0.05, 0.1) is 17.6 Å². The molecule has 2 heterocycles. The molecule has 2 aromatic heterocycles. The van der Waals surface area contributed by atoms with E-state index in [2.05, 4.69) is 19.7 Å². The van der Waals surface area contributed by atoms with Crippen LogP contribution in [0.4, 0.5) is 0 Å². The number of nitrogens with one attached hydrogen (secondary N) is 3. The van der Waals surface area contributed by atoms with Crippen molar-refractivity contribution in [3.63, 3.8) is 0 Å². The average Bonchev–Trinajstić information content (AvgIpc) is 2.99. The van der Waals surface area contributed by atoms with E-state index >= 15 is 0 Å². The summed E-state index contributed by atoms with van der Waals surface area (Å²) in [5.74, 6) is 0.514. The summed E-state index contributed by atoms with van der Waals surface area (Å²) in [6.07, 6.45) is 0. The zero-order valence-corrected chi connectivity index (χ0v) is 12.6. The maximum atomic E-state index is 12.2. The third-order valence-electron chi connectivity index (χ3n) is 2.89. The van der Waals surface area contributed by atoms with E-state index in [9.17, 15) is 13.2 Å². The Bertz CT molecular complexity index is 919. The van der Waals surface area contributed by atoms with E-state index in [1.165, 1.54) is 0 Å². The van der Waals surface area contributed by atoms with Crippen LogP contribution in [0.5, 0.6) is 0 Å². The van der Waals surface area contributed by atoms with Crippen LogP contribution in [-0.4, -0.2) is 23.4 Å². The van der Waals surface area contributed by atoms with E-state index < -0.39 is 14.9 Å². The third-order valence-corrected chi connectivity index (χ3v) is 5.90. The predicted molar refractivity (Wildman–Crippen MR) is 79.8 cm³/mol. The van der Waals surface area contributed by atoms with Crippen molar-refractivity contribution in [3.8, 4) is 0 Å². The second kappa shape index (κ2) is 5.10. The zero-order valence-electron chi connectivity index (χ0n) is 11.0. The number of thiazole rings is 1. The Labute approximate surface area is 124 Å². The van der Waals surface area contributed by atoms with Crippen molar-refractivity contribution in [1.82, 2.24) is 19.7 Å². The van der Waals surface area contributed by atoms with Crippen molar-refractivity contribution in [1.29, 1.82) is 0 Å². The molecule has 0 amide bonds. The topological polar surface area (TPSA) is 108 Å². The van der Waals surface area contributed by atoms with Crippen molar-refractivity contribution >= 4 is 32.4 Å². The summed E-state index contributed by atoms with van der Waals surface area (Å²) in [5.41, 5.74) is 1.95. The molecule has 0 aliphatic carbocycles. The molecular formula is C12H12N4O3S2. The van der Waals surface area contributed by atoms with E-state index in [4.69, 9.17) is 0 Å². The number of aromatic nitrogens is 3. The van der Waals surface area contributed by atoms with Gasteiger partial charge in [0.15, 0.2) is 4.21 Å². The van der Waals surface area contributed by atoms with Crippen LogP contribution in [0.25, 0.3) is 11.0 Å². The molecule has 0 aliphatic rings. The summed E-state index contributed by atoms with van der Waals surface area (Å²) in [6.45, 7) is 1.58. The number of fused-ring (bicyclic) bond motifs is 1. The fraction of sp³-hybridized carbons (Fsp3) is 0.167. The van der Waals surface area contributed by atoms with Crippen molar-refractivity contribution < 1.29 is 8.42 Å². The van der Waals surface area contributed by atoms with Crippen molar-refractivity contribution in [2.75, 3.05) is 0 Å². The summed E-state index contributed by atoms with van der Waals surface area (Å²) in [7, 11) is -3.73. The highest BCUT2D eigenvalue weighted by atomic mass is 32.2. The highest BCUT2D eigenvalue weighted by Gasteiger charge is 2.20. The molecule has 1 aromatic carbocycles. The van der Waals surface area contributed by atoms with Gasteiger partial charge in [0.2, 0.25) is 0 Å². The highest BCUT2D eigenvalue weighted by molar-refractivity contribution is 7.91. The van der Waals surface area contributed by atoms with Gasteiger partial charge in [0.25, 0.3) is 10.0 Å². The molecule has 7 nitrogen and oxygen atoms in total. The van der Waals surface area contributed by atoms with Gasteiger partial charge in [0, 0.05) is 5.69 Å². The number of nitrogens with zero attached hydrogens (tertiary/aromatic N) is 1. The van der Waals surface area contributed by atoms with Gasteiger partial charge < -0.3 is 9.97 Å². The van der Waals surface area contributed by atoms with Crippen LogP contribution in [0.15, 0.2) is 33.3 Å². The molecule has 0 aliphatic heterocycles. The number of hydrogen-bond donors (Lipinski definition) is 3. The van der Waals surface area contributed by atoms with E-state index in [1.807, 2.05) is 24.3 Å². The molecule has 0 radical (unpaired) electrons. The molecule has 0 saturated heterocycles. The normalized spacial score (nSPS) is 12.0. The van der Waals surface area contributed by atoms with Gasteiger partial charge in [-0.15, -0.1) is 0 Å². The first-order valence-corrected chi connectivity index (χ1v) is 8.39. The fourth-order valence-corrected chi connectivity index (χ4v) is 4.30. The molecule has 0 fully saturated rings. The number of sulfonamides is 1. The number of hydrogen-bond acceptors (Lipinski definition) is 5. The molecular weight excluding hydrogens is 312 g/mol. The lowest BCUT2D eigenvalue weighted by Gasteiger charge is -2.03. The van der Waals surface area contributed by atoms with Gasteiger partial charge in [0.1, 0.15) is 5.82 Å². The lowest BCUT2D eigenvalue weighted by Crippen LogP contribution is -2.23. The Kier molecular flexibility index (Phi) is 3.40. The van der Waals surface area contributed by atoms with E-state index in [0.717, 1.165) is 11.0 Å². The van der Waals surface area contributed by atoms with Gasteiger partial charge in [-0.25, -0.2) is 18.1 Å². The summed E-state index contributed by atoms with van der Waals surface area (Å²) < 4.78 is 26.7. The molecule has 3 rings (SSSR count). The number of H-pyrrole nitrogens is 2. The molecule has 0 bridgehead atoms. The molecule has 0 unspecified atom stereocenters. The summed E-state index contributed by atoms with van der Waals surface area (Å²) in [6, 6.07) is 7.43. The van der Waals surface area contributed by atoms with Crippen LogP contribution < -0.4 is 9.60 Å². The number of aryl methyl sites for hydroxylation is 1. The fourth-order valence-electron chi connectivity index (χ4n) is 1.97. The quantitative estimate of drug-likeness (QED) is 0.668. The molecule has 0 atom stereocenters. The first-order valence-electron chi connectivity index (χ1n) is 6.09. The average molecular weight is 324 g/mol. The molecule has 0 spiro atoms. The van der Waals surface area contributed by atoms with Crippen LogP contribution in [0.2, 0.25) is 0 Å². The monoisotopic (exact) mass is 324 g/mol. The van der Waals surface area contributed by atoms with Crippen LogP contribution in [-0.2, 0) is 16.6 Å². The second-order valence-electron chi connectivity index (χ2n) is 4.45. The minimum atomic E-state index is -3.73. The Hall–Kier alpha value is -1.97. The SMILES string of the molecule is Cc1[nH]c(=O)sc1S(=O)(=O)NCc1nc2ccccc2[nH]1. The number of imidazole rings is 1. The Morgan fingerprint density at radius 2 is 2.05 bits per heavy atom. The van der Waals surface area contributed by atoms with Gasteiger partial charge in [-0.1, -0.05) is 23.5 Å². The van der Waals surface area contributed by atoms with Crippen molar-refractivity contribution in [2.45, 2.75) is 17.7 Å². The summed E-state index contributed by atoms with van der Waals surface area (Å²) in [4.78, 5) is 20.6. The van der Waals surface area contributed by atoms with Crippen LogP contribution in [0.1, 0.15) is 11.5 Å². The minimum absolute atomic E-state index is 0.00334. The van der Waals surface area contributed by atoms with Gasteiger partial charge in [-0.05, 0) is 19.1 Å². The Morgan fingerprint density at radius 3 is 2.71 bits per heavy atom. The molecule has 110 valence electrons. The Morgan fingerprint density at radius 1 is 1.29 bits per heavy atom. The maximum absolute atomic E-state index is 12.2. The molecule has 0 saturated carbocycles. The minimum Gasteiger partial charge on any atom is -0.341 e. The lowest BCUT2D eigenvalue weighted by atomic mass is 10.3.